The summed E-state index contributed by atoms with van der Waals surface area (Å²) in [6.07, 6.45) is 7.67. The van der Waals surface area contributed by atoms with Gasteiger partial charge in [0.25, 0.3) is 0 Å². The van der Waals surface area contributed by atoms with Crippen LogP contribution in [0.15, 0.2) is 24.5 Å². The molecule has 1 aliphatic carbocycles. The maximum absolute atomic E-state index is 6.09. The summed E-state index contributed by atoms with van der Waals surface area (Å²) in [6, 6.07) is 4.15. The van der Waals surface area contributed by atoms with E-state index < -0.39 is 0 Å². The van der Waals surface area contributed by atoms with Crippen LogP contribution < -0.4 is 0 Å². The van der Waals surface area contributed by atoms with Crippen LogP contribution in [-0.2, 0) is 16.0 Å². The molecule has 21 heavy (non-hydrogen) atoms. The van der Waals surface area contributed by atoms with Gasteiger partial charge in [-0.3, -0.25) is 9.88 Å². The highest BCUT2D eigenvalue weighted by Crippen LogP contribution is 2.41. The monoisotopic (exact) mass is 288 g/mol. The Labute approximate surface area is 126 Å². The fourth-order valence-corrected chi connectivity index (χ4v) is 3.60. The van der Waals surface area contributed by atoms with Crippen LogP contribution in [-0.4, -0.2) is 48.4 Å². The zero-order valence-corrected chi connectivity index (χ0v) is 12.5. The molecule has 3 heterocycles. The molecule has 1 saturated carbocycles. The number of pyridine rings is 1. The third kappa shape index (κ3) is 2.98. The minimum atomic E-state index is 0.0752. The highest BCUT2D eigenvalue weighted by Gasteiger charge is 2.52. The van der Waals surface area contributed by atoms with Crippen LogP contribution in [0.3, 0.4) is 0 Å². The molecule has 1 aromatic heterocycles. The Hall–Kier alpha value is -0.970. The first-order valence-corrected chi connectivity index (χ1v) is 8.17. The molecule has 0 bridgehead atoms. The van der Waals surface area contributed by atoms with E-state index in [1.165, 1.54) is 18.4 Å². The van der Waals surface area contributed by atoms with Gasteiger partial charge in [-0.1, -0.05) is 6.07 Å². The maximum atomic E-state index is 6.09. The van der Waals surface area contributed by atoms with Gasteiger partial charge in [-0.15, -0.1) is 0 Å². The molecule has 2 aliphatic heterocycles. The van der Waals surface area contributed by atoms with Crippen molar-refractivity contribution in [3.63, 3.8) is 0 Å². The Morgan fingerprint density at radius 1 is 1.29 bits per heavy atom. The Morgan fingerprint density at radius 3 is 2.95 bits per heavy atom. The molecule has 0 aromatic carbocycles. The van der Waals surface area contributed by atoms with Crippen molar-refractivity contribution in [1.29, 1.82) is 0 Å². The molecule has 4 nitrogen and oxygen atoms in total. The molecule has 0 N–H and O–H groups in total. The second-order valence-corrected chi connectivity index (χ2v) is 6.89. The number of ether oxygens (including phenoxy) is 2. The minimum Gasteiger partial charge on any atom is -0.381 e. The number of nitrogens with zero attached hydrogens (tertiary/aromatic N) is 2. The van der Waals surface area contributed by atoms with Gasteiger partial charge < -0.3 is 9.47 Å². The first-order chi connectivity index (χ1) is 10.3. The number of hydrogen-bond acceptors (Lipinski definition) is 4. The molecule has 114 valence electrons. The van der Waals surface area contributed by atoms with E-state index in [-0.39, 0.29) is 5.60 Å². The molecular formula is C17H24N2O2. The average molecular weight is 288 g/mol. The van der Waals surface area contributed by atoms with Crippen molar-refractivity contribution >= 4 is 0 Å². The van der Waals surface area contributed by atoms with E-state index >= 15 is 0 Å². The Morgan fingerprint density at radius 2 is 2.19 bits per heavy atom. The van der Waals surface area contributed by atoms with Crippen LogP contribution in [0.2, 0.25) is 0 Å². The van der Waals surface area contributed by atoms with Gasteiger partial charge in [0.05, 0.1) is 12.2 Å². The number of likely N-dealkylation sites (tertiary alicyclic amines) is 1. The third-order valence-electron chi connectivity index (χ3n) is 5.08. The van der Waals surface area contributed by atoms with E-state index in [1.54, 1.807) is 0 Å². The quantitative estimate of drug-likeness (QED) is 0.803. The zero-order valence-electron chi connectivity index (χ0n) is 12.5. The lowest BCUT2D eigenvalue weighted by Gasteiger charge is -2.50. The van der Waals surface area contributed by atoms with Crippen molar-refractivity contribution in [2.45, 2.75) is 31.4 Å². The smallest absolute Gasteiger partial charge is 0.0985 e. The predicted octanol–water partition coefficient (Wildman–Crippen LogP) is 2.10. The lowest BCUT2D eigenvalue weighted by molar-refractivity contribution is -0.146. The van der Waals surface area contributed by atoms with Crippen LogP contribution in [0.25, 0.3) is 0 Å². The molecule has 1 aromatic rings. The number of hydrogen-bond donors (Lipinski definition) is 0. The van der Waals surface area contributed by atoms with Crippen molar-refractivity contribution in [2.75, 3.05) is 32.9 Å². The first-order valence-electron chi connectivity index (χ1n) is 8.17. The van der Waals surface area contributed by atoms with Crippen molar-refractivity contribution in [3.8, 4) is 0 Å². The van der Waals surface area contributed by atoms with Gasteiger partial charge in [0, 0.05) is 51.2 Å². The average Bonchev–Trinajstić information content (AvgIpc) is 3.19. The first kappa shape index (κ1) is 13.7. The molecule has 3 aliphatic rings. The highest BCUT2D eigenvalue weighted by molar-refractivity contribution is 5.12. The molecule has 4 heteroatoms. The largest absolute Gasteiger partial charge is 0.381 e. The van der Waals surface area contributed by atoms with E-state index in [0.29, 0.717) is 5.92 Å². The SMILES string of the molecule is c1cncc(CN2CC3(C2)OCC[C@@H]3COCC2CC2)c1. The Kier molecular flexibility index (Phi) is 3.69. The van der Waals surface area contributed by atoms with Gasteiger partial charge in [-0.2, -0.15) is 0 Å². The molecule has 3 fully saturated rings. The van der Waals surface area contributed by atoms with Crippen molar-refractivity contribution < 1.29 is 9.47 Å². The summed E-state index contributed by atoms with van der Waals surface area (Å²) in [5.74, 6) is 1.44. The van der Waals surface area contributed by atoms with Gasteiger partial charge in [0.1, 0.15) is 0 Å². The van der Waals surface area contributed by atoms with Crippen LogP contribution >= 0.6 is 0 Å². The third-order valence-corrected chi connectivity index (χ3v) is 5.08. The van der Waals surface area contributed by atoms with Crippen LogP contribution in [0.4, 0.5) is 0 Å². The standard InChI is InChI=1S/C17H24N2O2/c1-2-15(8-18-6-1)9-19-12-17(13-19)16(5-7-21-17)11-20-10-14-3-4-14/h1-2,6,8,14,16H,3-5,7,9-13H2/t16-/m1/s1. The topological polar surface area (TPSA) is 34.6 Å². The van der Waals surface area contributed by atoms with Crippen LogP contribution in [0.1, 0.15) is 24.8 Å². The van der Waals surface area contributed by atoms with Gasteiger partial charge in [-0.05, 0) is 36.8 Å². The molecule has 4 rings (SSSR count). The van der Waals surface area contributed by atoms with E-state index in [0.717, 1.165) is 51.8 Å². The molecule has 1 atom stereocenters. The number of rotatable bonds is 6. The summed E-state index contributed by atoms with van der Waals surface area (Å²) in [7, 11) is 0. The summed E-state index contributed by atoms with van der Waals surface area (Å²) in [6.45, 7) is 5.81. The lowest BCUT2D eigenvalue weighted by Crippen LogP contribution is -2.64. The molecule has 0 radical (unpaired) electrons. The van der Waals surface area contributed by atoms with E-state index in [9.17, 15) is 0 Å². The summed E-state index contributed by atoms with van der Waals surface area (Å²) >= 11 is 0. The van der Waals surface area contributed by atoms with Crippen LogP contribution in [0, 0.1) is 11.8 Å². The van der Waals surface area contributed by atoms with Crippen molar-refractivity contribution in [3.05, 3.63) is 30.1 Å². The Bertz CT molecular complexity index is 469. The normalized spacial score (nSPS) is 27.9. The maximum Gasteiger partial charge on any atom is 0.0985 e. The Balaban J connectivity index is 1.27. The van der Waals surface area contributed by atoms with Crippen molar-refractivity contribution in [2.24, 2.45) is 11.8 Å². The molecule has 1 spiro atoms. The molecular weight excluding hydrogens is 264 g/mol. The van der Waals surface area contributed by atoms with E-state index in [2.05, 4.69) is 16.0 Å². The van der Waals surface area contributed by atoms with Gasteiger partial charge in [0.15, 0.2) is 0 Å². The molecule has 0 unspecified atom stereocenters. The summed E-state index contributed by atoms with van der Waals surface area (Å²) in [4.78, 5) is 6.64. The van der Waals surface area contributed by atoms with Crippen molar-refractivity contribution in [1.82, 2.24) is 9.88 Å². The van der Waals surface area contributed by atoms with E-state index in [4.69, 9.17) is 9.47 Å². The highest BCUT2D eigenvalue weighted by atomic mass is 16.5. The van der Waals surface area contributed by atoms with Crippen LogP contribution in [0.5, 0.6) is 0 Å². The summed E-state index contributed by atoms with van der Waals surface area (Å²) in [5.41, 5.74) is 1.36. The summed E-state index contributed by atoms with van der Waals surface area (Å²) in [5, 5.41) is 0. The summed E-state index contributed by atoms with van der Waals surface area (Å²) < 4.78 is 12.0. The second kappa shape index (κ2) is 5.67. The molecule has 0 amide bonds. The second-order valence-electron chi connectivity index (χ2n) is 6.89. The molecule has 2 saturated heterocycles. The number of aromatic nitrogens is 1. The fraction of sp³-hybridized carbons (Fsp3) is 0.706. The predicted molar refractivity (Wildman–Crippen MR) is 79.8 cm³/mol. The lowest BCUT2D eigenvalue weighted by atomic mass is 9.81. The van der Waals surface area contributed by atoms with Gasteiger partial charge in [-0.25, -0.2) is 0 Å². The van der Waals surface area contributed by atoms with E-state index in [1.807, 2.05) is 18.5 Å². The van der Waals surface area contributed by atoms with Gasteiger partial charge >= 0.3 is 0 Å². The van der Waals surface area contributed by atoms with Gasteiger partial charge in [0.2, 0.25) is 0 Å². The minimum absolute atomic E-state index is 0.0752. The zero-order chi connectivity index (χ0) is 14.1. The fourth-order valence-electron chi connectivity index (χ4n) is 3.60.